The van der Waals surface area contributed by atoms with Crippen molar-refractivity contribution in [1.29, 1.82) is 0 Å². The summed E-state index contributed by atoms with van der Waals surface area (Å²) < 4.78 is 54.4. The molecular weight excluding hydrogens is 350 g/mol. The summed E-state index contributed by atoms with van der Waals surface area (Å²) in [5.74, 6) is -1.67. The monoisotopic (exact) mass is 367 g/mol. The molecule has 26 heavy (non-hydrogen) atoms. The first kappa shape index (κ1) is 18.4. The van der Waals surface area contributed by atoms with Crippen LogP contribution < -0.4 is 0 Å². The molecule has 2 aromatic carbocycles. The second-order valence-electron chi connectivity index (χ2n) is 6.28. The van der Waals surface area contributed by atoms with E-state index in [1.165, 1.54) is 41.3 Å². The Morgan fingerprint density at radius 1 is 1.15 bits per heavy atom. The van der Waals surface area contributed by atoms with E-state index in [9.17, 15) is 27.5 Å². The van der Waals surface area contributed by atoms with Crippen LogP contribution in [0.3, 0.4) is 0 Å². The molecule has 3 rings (SSSR count). The van der Waals surface area contributed by atoms with E-state index in [0.717, 1.165) is 12.1 Å². The van der Waals surface area contributed by atoms with Crippen LogP contribution in [0.1, 0.15) is 35.6 Å². The lowest BCUT2D eigenvalue weighted by molar-refractivity contribution is -0.143. The molecule has 1 aliphatic rings. The van der Waals surface area contributed by atoms with Gasteiger partial charge < -0.3 is 5.11 Å². The first-order chi connectivity index (χ1) is 12.3. The van der Waals surface area contributed by atoms with Gasteiger partial charge in [0.1, 0.15) is 11.9 Å². The SMILES string of the molecule is O=C(O)C1CCCN1C(c1cccc(F)c1)c1ccccc1C(F)(F)F. The Balaban J connectivity index is 2.18. The zero-order valence-corrected chi connectivity index (χ0v) is 13.7. The standard InChI is InChI=1S/C19H17F4NO2/c20-13-6-3-5-12(11-13)17(24-10-4-9-16(24)18(25)26)14-7-1-2-8-15(14)19(21,22)23/h1-3,5-8,11,16-17H,4,9-10H2,(H,25,26). The van der Waals surface area contributed by atoms with Gasteiger partial charge in [-0.05, 0) is 42.2 Å². The predicted octanol–water partition coefficient (Wildman–Crippen LogP) is 4.48. The van der Waals surface area contributed by atoms with Crippen LogP contribution >= 0.6 is 0 Å². The molecule has 0 saturated carbocycles. The number of likely N-dealkylation sites (tertiary alicyclic amines) is 1. The highest BCUT2D eigenvalue weighted by Crippen LogP contribution is 2.41. The van der Waals surface area contributed by atoms with E-state index in [1.54, 1.807) is 0 Å². The third kappa shape index (κ3) is 3.58. The Labute approximate surface area is 147 Å². The van der Waals surface area contributed by atoms with Gasteiger partial charge >= 0.3 is 12.1 Å². The molecule has 0 aromatic heterocycles. The van der Waals surface area contributed by atoms with E-state index >= 15 is 0 Å². The van der Waals surface area contributed by atoms with Gasteiger partial charge in [0.25, 0.3) is 0 Å². The molecule has 0 bridgehead atoms. The maximum Gasteiger partial charge on any atom is 0.416 e. The van der Waals surface area contributed by atoms with Crippen molar-refractivity contribution in [2.75, 3.05) is 6.54 Å². The normalized spacial score (nSPS) is 19.5. The molecule has 1 fully saturated rings. The Morgan fingerprint density at radius 3 is 2.54 bits per heavy atom. The second-order valence-corrected chi connectivity index (χ2v) is 6.28. The molecular formula is C19H17F4NO2. The molecule has 138 valence electrons. The van der Waals surface area contributed by atoms with E-state index < -0.39 is 35.6 Å². The van der Waals surface area contributed by atoms with Crippen LogP contribution in [0.15, 0.2) is 48.5 Å². The van der Waals surface area contributed by atoms with Crippen LogP contribution in [0.4, 0.5) is 17.6 Å². The number of carbonyl (C=O) groups is 1. The van der Waals surface area contributed by atoms with E-state index in [-0.39, 0.29) is 5.56 Å². The maximum absolute atomic E-state index is 13.8. The summed E-state index contributed by atoms with van der Waals surface area (Å²) in [7, 11) is 0. The van der Waals surface area contributed by atoms with Gasteiger partial charge in [-0.15, -0.1) is 0 Å². The molecule has 2 aromatic rings. The van der Waals surface area contributed by atoms with Crippen molar-refractivity contribution in [3.63, 3.8) is 0 Å². The average Bonchev–Trinajstić information content (AvgIpc) is 3.04. The van der Waals surface area contributed by atoms with Gasteiger partial charge in [-0.2, -0.15) is 13.2 Å². The van der Waals surface area contributed by atoms with E-state index in [1.807, 2.05) is 0 Å². The number of hydrogen-bond donors (Lipinski definition) is 1. The number of aliphatic carboxylic acids is 1. The molecule has 0 radical (unpaired) electrons. The summed E-state index contributed by atoms with van der Waals surface area (Å²) in [4.78, 5) is 13.1. The fourth-order valence-electron chi connectivity index (χ4n) is 3.58. The Kier molecular flexibility index (Phi) is 5.00. The zero-order valence-electron chi connectivity index (χ0n) is 13.7. The smallest absolute Gasteiger partial charge is 0.416 e. The molecule has 2 unspecified atom stereocenters. The van der Waals surface area contributed by atoms with Gasteiger partial charge in [0.2, 0.25) is 0 Å². The number of halogens is 4. The van der Waals surface area contributed by atoms with Crippen LogP contribution in [0, 0.1) is 5.82 Å². The highest BCUT2D eigenvalue weighted by molar-refractivity contribution is 5.74. The largest absolute Gasteiger partial charge is 0.480 e. The van der Waals surface area contributed by atoms with Gasteiger partial charge in [0.15, 0.2) is 0 Å². The lowest BCUT2D eigenvalue weighted by Gasteiger charge is -2.33. The van der Waals surface area contributed by atoms with Crippen LogP contribution in [0.5, 0.6) is 0 Å². The maximum atomic E-state index is 13.8. The van der Waals surface area contributed by atoms with Crippen molar-refractivity contribution >= 4 is 5.97 Å². The molecule has 3 nitrogen and oxygen atoms in total. The topological polar surface area (TPSA) is 40.5 Å². The van der Waals surface area contributed by atoms with Crippen LogP contribution in [-0.4, -0.2) is 28.6 Å². The number of benzene rings is 2. The lowest BCUT2D eigenvalue weighted by atomic mass is 9.92. The minimum Gasteiger partial charge on any atom is -0.480 e. The molecule has 1 saturated heterocycles. The first-order valence-corrected chi connectivity index (χ1v) is 8.19. The van der Waals surface area contributed by atoms with Crippen molar-refractivity contribution in [2.24, 2.45) is 0 Å². The van der Waals surface area contributed by atoms with Crippen molar-refractivity contribution in [3.8, 4) is 0 Å². The summed E-state index contributed by atoms with van der Waals surface area (Å²) in [5, 5.41) is 9.47. The quantitative estimate of drug-likeness (QED) is 0.810. The summed E-state index contributed by atoms with van der Waals surface area (Å²) in [6.45, 7) is 0.324. The molecule has 2 atom stereocenters. The highest BCUT2D eigenvalue weighted by atomic mass is 19.4. The van der Waals surface area contributed by atoms with E-state index in [2.05, 4.69) is 0 Å². The van der Waals surface area contributed by atoms with E-state index in [4.69, 9.17) is 0 Å². The fourth-order valence-corrected chi connectivity index (χ4v) is 3.58. The zero-order chi connectivity index (χ0) is 18.9. The minimum atomic E-state index is -4.60. The summed E-state index contributed by atoms with van der Waals surface area (Å²) in [5.41, 5.74) is -0.612. The van der Waals surface area contributed by atoms with Gasteiger partial charge in [-0.3, -0.25) is 9.69 Å². The summed E-state index contributed by atoms with van der Waals surface area (Å²) in [6, 6.07) is 8.46. The Hall–Kier alpha value is -2.41. The van der Waals surface area contributed by atoms with Gasteiger partial charge in [0.05, 0.1) is 11.6 Å². The van der Waals surface area contributed by atoms with Crippen LogP contribution in [0.25, 0.3) is 0 Å². The molecule has 1 heterocycles. The first-order valence-electron chi connectivity index (χ1n) is 8.19. The molecule has 1 N–H and O–H groups in total. The predicted molar refractivity (Wildman–Crippen MR) is 87.1 cm³/mol. The molecule has 7 heteroatoms. The Bertz CT molecular complexity index is 806. The number of rotatable bonds is 4. The van der Waals surface area contributed by atoms with Gasteiger partial charge in [0, 0.05) is 6.54 Å². The minimum absolute atomic E-state index is 0.0706. The third-order valence-electron chi connectivity index (χ3n) is 4.64. The average molecular weight is 367 g/mol. The molecule has 1 aliphatic heterocycles. The van der Waals surface area contributed by atoms with E-state index in [0.29, 0.717) is 24.9 Å². The van der Waals surface area contributed by atoms with Gasteiger partial charge in [-0.25, -0.2) is 4.39 Å². The van der Waals surface area contributed by atoms with Crippen molar-refractivity contribution in [1.82, 2.24) is 4.90 Å². The van der Waals surface area contributed by atoms with Crippen molar-refractivity contribution in [2.45, 2.75) is 31.1 Å². The van der Waals surface area contributed by atoms with Gasteiger partial charge in [-0.1, -0.05) is 30.3 Å². The van der Waals surface area contributed by atoms with Crippen molar-refractivity contribution in [3.05, 3.63) is 71.0 Å². The molecule has 0 aliphatic carbocycles. The highest BCUT2D eigenvalue weighted by Gasteiger charge is 2.41. The second kappa shape index (κ2) is 7.07. The lowest BCUT2D eigenvalue weighted by Crippen LogP contribution is -2.40. The number of carboxylic acid groups (broad SMARTS) is 1. The van der Waals surface area contributed by atoms with Crippen LogP contribution in [0.2, 0.25) is 0 Å². The summed E-state index contributed by atoms with van der Waals surface area (Å²) >= 11 is 0. The third-order valence-corrected chi connectivity index (χ3v) is 4.64. The Morgan fingerprint density at radius 2 is 1.88 bits per heavy atom. The number of hydrogen-bond acceptors (Lipinski definition) is 2. The summed E-state index contributed by atoms with van der Waals surface area (Å²) in [6.07, 6.45) is -3.70. The number of alkyl halides is 3. The van der Waals surface area contributed by atoms with Crippen LogP contribution in [-0.2, 0) is 11.0 Å². The number of carboxylic acids is 1. The molecule has 0 amide bonds. The van der Waals surface area contributed by atoms with Crippen molar-refractivity contribution < 1.29 is 27.5 Å². The molecule has 0 spiro atoms. The number of nitrogens with zero attached hydrogens (tertiary/aromatic N) is 1. The fraction of sp³-hybridized carbons (Fsp3) is 0.316.